The normalized spacial score (nSPS) is 22.4. The lowest BCUT2D eigenvalue weighted by molar-refractivity contribution is 0.174. The fraction of sp³-hybridized carbons (Fsp3) is 0.188. The van der Waals surface area contributed by atoms with Crippen molar-refractivity contribution in [3.05, 3.63) is 58.1 Å². The lowest BCUT2D eigenvalue weighted by Gasteiger charge is -2.16. The van der Waals surface area contributed by atoms with Gasteiger partial charge in [-0.3, -0.25) is 5.43 Å². The SMILES string of the molecule is OC1C(c2ccc3c(c2)OCO3)=NNC1c1cccc(Br)c1. The largest absolute Gasteiger partial charge is 0.454 e. The van der Waals surface area contributed by atoms with Gasteiger partial charge in [-0.1, -0.05) is 28.1 Å². The zero-order chi connectivity index (χ0) is 15.1. The summed E-state index contributed by atoms with van der Waals surface area (Å²) in [5.74, 6) is 1.40. The molecule has 0 spiro atoms. The molecule has 2 aromatic rings. The van der Waals surface area contributed by atoms with E-state index in [9.17, 15) is 5.11 Å². The molecule has 112 valence electrons. The second-order valence-corrected chi connectivity index (χ2v) is 6.09. The summed E-state index contributed by atoms with van der Waals surface area (Å²) >= 11 is 3.45. The lowest BCUT2D eigenvalue weighted by atomic mass is 9.96. The highest BCUT2D eigenvalue weighted by Crippen LogP contribution is 2.34. The van der Waals surface area contributed by atoms with Crippen LogP contribution in [-0.4, -0.2) is 23.7 Å². The molecule has 0 aliphatic carbocycles. The minimum atomic E-state index is -0.727. The molecule has 0 fully saturated rings. The third-order valence-electron chi connectivity index (χ3n) is 3.80. The maximum atomic E-state index is 10.6. The number of ether oxygens (including phenoxy) is 2. The highest BCUT2D eigenvalue weighted by Gasteiger charge is 2.32. The van der Waals surface area contributed by atoms with Gasteiger partial charge in [0, 0.05) is 10.0 Å². The van der Waals surface area contributed by atoms with Crippen molar-refractivity contribution in [3.63, 3.8) is 0 Å². The topological polar surface area (TPSA) is 63.1 Å². The average molecular weight is 361 g/mol. The van der Waals surface area contributed by atoms with E-state index in [0.29, 0.717) is 17.2 Å². The molecule has 0 saturated heterocycles. The molecule has 6 heteroatoms. The fourth-order valence-corrected chi connectivity index (χ4v) is 3.10. The molecule has 2 heterocycles. The molecule has 0 saturated carbocycles. The molecule has 0 aromatic heterocycles. The molecule has 2 aliphatic heterocycles. The van der Waals surface area contributed by atoms with Crippen molar-refractivity contribution in [1.29, 1.82) is 0 Å². The number of aliphatic hydroxyl groups is 1. The van der Waals surface area contributed by atoms with E-state index in [-0.39, 0.29) is 12.8 Å². The van der Waals surface area contributed by atoms with Crippen molar-refractivity contribution in [2.24, 2.45) is 5.10 Å². The highest BCUT2D eigenvalue weighted by molar-refractivity contribution is 9.10. The van der Waals surface area contributed by atoms with Crippen LogP contribution in [0.1, 0.15) is 17.2 Å². The summed E-state index contributed by atoms with van der Waals surface area (Å²) in [5.41, 5.74) is 5.41. The van der Waals surface area contributed by atoms with Crippen LogP contribution in [0.5, 0.6) is 11.5 Å². The molecule has 5 nitrogen and oxygen atoms in total. The van der Waals surface area contributed by atoms with Crippen molar-refractivity contribution in [1.82, 2.24) is 5.43 Å². The van der Waals surface area contributed by atoms with Crippen molar-refractivity contribution >= 4 is 21.6 Å². The predicted molar refractivity (Wildman–Crippen MR) is 85.1 cm³/mol. The monoisotopic (exact) mass is 360 g/mol. The van der Waals surface area contributed by atoms with Crippen LogP contribution in [0, 0.1) is 0 Å². The Hall–Kier alpha value is -2.05. The molecule has 4 rings (SSSR count). The number of aliphatic hydroxyl groups excluding tert-OH is 1. The van der Waals surface area contributed by atoms with E-state index in [4.69, 9.17) is 9.47 Å². The molecule has 2 aliphatic rings. The van der Waals surface area contributed by atoms with Crippen molar-refractivity contribution in [2.75, 3.05) is 6.79 Å². The Bertz CT molecular complexity index is 763. The van der Waals surface area contributed by atoms with E-state index >= 15 is 0 Å². The molecule has 0 amide bonds. The summed E-state index contributed by atoms with van der Waals surface area (Å²) < 4.78 is 11.6. The van der Waals surface area contributed by atoms with E-state index in [1.807, 2.05) is 42.5 Å². The Labute approximate surface area is 135 Å². The molecule has 2 unspecified atom stereocenters. The van der Waals surface area contributed by atoms with E-state index in [0.717, 1.165) is 15.6 Å². The fourth-order valence-electron chi connectivity index (χ4n) is 2.68. The first kappa shape index (κ1) is 13.6. The first-order chi connectivity index (χ1) is 10.7. The zero-order valence-electron chi connectivity index (χ0n) is 11.5. The number of hydrogen-bond acceptors (Lipinski definition) is 5. The van der Waals surface area contributed by atoms with Crippen LogP contribution in [0.3, 0.4) is 0 Å². The summed E-state index contributed by atoms with van der Waals surface area (Å²) in [6, 6.07) is 13.1. The van der Waals surface area contributed by atoms with Gasteiger partial charge in [0.15, 0.2) is 11.5 Å². The first-order valence-corrected chi connectivity index (χ1v) is 7.68. The van der Waals surface area contributed by atoms with Gasteiger partial charge in [0.2, 0.25) is 6.79 Å². The van der Waals surface area contributed by atoms with E-state index in [2.05, 4.69) is 26.5 Å². The van der Waals surface area contributed by atoms with Crippen LogP contribution >= 0.6 is 15.9 Å². The maximum absolute atomic E-state index is 10.6. The van der Waals surface area contributed by atoms with Gasteiger partial charge < -0.3 is 14.6 Å². The number of fused-ring (bicyclic) bond motifs is 1. The number of hydrogen-bond donors (Lipinski definition) is 2. The van der Waals surface area contributed by atoms with Gasteiger partial charge in [0.25, 0.3) is 0 Å². The van der Waals surface area contributed by atoms with Gasteiger partial charge in [-0.25, -0.2) is 0 Å². The second-order valence-electron chi connectivity index (χ2n) is 5.17. The number of halogens is 1. The van der Waals surface area contributed by atoms with Gasteiger partial charge in [-0.2, -0.15) is 5.10 Å². The number of benzene rings is 2. The Balaban J connectivity index is 1.62. The highest BCUT2D eigenvalue weighted by atomic mass is 79.9. The van der Waals surface area contributed by atoms with Gasteiger partial charge in [0.05, 0.1) is 5.71 Å². The van der Waals surface area contributed by atoms with Gasteiger partial charge in [0.1, 0.15) is 12.1 Å². The van der Waals surface area contributed by atoms with Crippen LogP contribution in [0.2, 0.25) is 0 Å². The first-order valence-electron chi connectivity index (χ1n) is 6.89. The molecule has 2 atom stereocenters. The van der Waals surface area contributed by atoms with Crippen LogP contribution in [0.4, 0.5) is 0 Å². The molecule has 22 heavy (non-hydrogen) atoms. The molecular weight excluding hydrogens is 348 g/mol. The minimum absolute atomic E-state index is 0.229. The quantitative estimate of drug-likeness (QED) is 0.863. The summed E-state index contributed by atoms with van der Waals surface area (Å²) in [4.78, 5) is 0. The Morgan fingerprint density at radius 1 is 1.14 bits per heavy atom. The Morgan fingerprint density at radius 3 is 2.86 bits per heavy atom. The zero-order valence-corrected chi connectivity index (χ0v) is 13.1. The third kappa shape index (κ3) is 2.24. The van der Waals surface area contributed by atoms with Crippen LogP contribution in [0.15, 0.2) is 52.0 Å². The second kappa shape index (κ2) is 5.30. The van der Waals surface area contributed by atoms with Crippen LogP contribution < -0.4 is 14.9 Å². The standard InChI is InChI=1S/C16H13BrN2O3/c17-11-3-1-2-9(6-11)14-16(20)15(19-18-14)10-4-5-12-13(7-10)22-8-21-12/h1-7,14,16,18,20H,8H2. The number of rotatable bonds is 2. The number of hydrazone groups is 1. The lowest BCUT2D eigenvalue weighted by Crippen LogP contribution is -2.27. The molecule has 0 radical (unpaired) electrons. The van der Waals surface area contributed by atoms with Crippen molar-refractivity contribution < 1.29 is 14.6 Å². The van der Waals surface area contributed by atoms with Gasteiger partial charge >= 0.3 is 0 Å². The van der Waals surface area contributed by atoms with Gasteiger partial charge in [-0.15, -0.1) is 0 Å². The smallest absolute Gasteiger partial charge is 0.231 e. The molecular formula is C16H13BrN2O3. The number of nitrogens with one attached hydrogen (secondary N) is 1. The van der Waals surface area contributed by atoms with Crippen LogP contribution in [-0.2, 0) is 0 Å². The minimum Gasteiger partial charge on any atom is -0.454 e. The van der Waals surface area contributed by atoms with E-state index < -0.39 is 6.10 Å². The summed E-state index contributed by atoms with van der Waals surface area (Å²) in [6.07, 6.45) is -0.727. The summed E-state index contributed by atoms with van der Waals surface area (Å²) in [7, 11) is 0. The Morgan fingerprint density at radius 2 is 2.00 bits per heavy atom. The van der Waals surface area contributed by atoms with E-state index in [1.54, 1.807) is 0 Å². The number of nitrogens with zero attached hydrogens (tertiary/aromatic N) is 1. The Kier molecular flexibility index (Phi) is 3.28. The van der Waals surface area contributed by atoms with Gasteiger partial charge in [-0.05, 0) is 35.9 Å². The molecule has 2 N–H and O–H groups in total. The van der Waals surface area contributed by atoms with Crippen molar-refractivity contribution in [3.8, 4) is 11.5 Å². The molecule has 0 bridgehead atoms. The molecule has 2 aromatic carbocycles. The van der Waals surface area contributed by atoms with E-state index in [1.165, 1.54) is 0 Å². The average Bonchev–Trinajstić information content (AvgIpc) is 3.12. The van der Waals surface area contributed by atoms with Crippen molar-refractivity contribution in [2.45, 2.75) is 12.1 Å². The summed E-state index contributed by atoms with van der Waals surface area (Å²) in [5, 5.41) is 14.9. The summed E-state index contributed by atoms with van der Waals surface area (Å²) in [6.45, 7) is 0.229. The van der Waals surface area contributed by atoms with Crippen LogP contribution in [0.25, 0.3) is 0 Å². The maximum Gasteiger partial charge on any atom is 0.231 e. The predicted octanol–water partition coefficient (Wildman–Crippen LogP) is 2.59. The third-order valence-corrected chi connectivity index (χ3v) is 4.29.